The molecule has 1 aromatic carbocycles. The van der Waals surface area contributed by atoms with E-state index in [0.29, 0.717) is 6.04 Å². The third kappa shape index (κ3) is 5.57. The van der Waals surface area contributed by atoms with Crippen molar-refractivity contribution in [3.8, 4) is 0 Å². The van der Waals surface area contributed by atoms with E-state index in [1.54, 1.807) is 0 Å². The molecule has 0 bridgehead atoms. The van der Waals surface area contributed by atoms with Crippen molar-refractivity contribution in [2.24, 2.45) is 4.99 Å². The van der Waals surface area contributed by atoms with Crippen molar-refractivity contribution in [2.75, 3.05) is 26.0 Å². The summed E-state index contributed by atoms with van der Waals surface area (Å²) in [6, 6.07) is 13.3. The molecular weight excluding hydrogens is 316 g/mol. The van der Waals surface area contributed by atoms with Crippen LogP contribution in [0.1, 0.15) is 22.2 Å². The molecular formula is C19H28N4S. The Morgan fingerprint density at radius 2 is 1.88 bits per heavy atom. The van der Waals surface area contributed by atoms with E-state index >= 15 is 0 Å². The maximum atomic E-state index is 4.33. The van der Waals surface area contributed by atoms with Gasteiger partial charge in [0.15, 0.2) is 5.96 Å². The Kier molecular flexibility index (Phi) is 6.67. The second-order valence-electron chi connectivity index (χ2n) is 6.25. The van der Waals surface area contributed by atoms with Crippen molar-refractivity contribution in [2.45, 2.75) is 32.9 Å². The molecule has 1 atom stereocenters. The Labute approximate surface area is 149 Å². The zero-order valence-corrected chi connectivity index (χ0v) is 16.1. The van der Waals surface area contributed by atoms with Crippen LogP contribution in [0.25, 0.3) is 0 Å². The molecule has 2 N–H and O–H groups in total. The lowest BCUT2D eigenvalue weighted by molar-refractivity contribution is 0.645. The maximum absolute atomic E-state index is 4.33. The van der Waals surface area contributed by atoms with Crippen LogP contribution in [0.2, 0.25) is 0 Å². The summed E-state index contributed by atoms with van der Waals surface area (Å²) in [6.07, 6.45) is 1.01. The first kappa shape index (κ1) is 18.3. The van der Waals surface area contributed by atoms with Crippen LogP contribution in [0.3, 0.4) is 0 Å². The van der Waals surface area contributed by atoms with Crippen LogP contribution in [-0.4, -0.2) is 33.1 Å². The lowest BCUT2D eigenvalue weighted by Gasteiger charge is -2.18. The molecule has 2 rings (SSSR count). The predicted octanol–water partition coefficient (Wildman–Crippen LogP) is 3.42. The number of aliphatic imine (C=N–C) groups is 1. The first-order valence-electron chi connectivity index (χ1n) is 8.26. The Hall–Kier alpha value is -2.01. The van der Waals surface area contributed by atoms with Gasteiger partial charge in [-0.2, -0.15) is 0 Å². The molecule has 1 unspecified atom stereocenters. The van der Waals surface area contributed by atoms with E-state index in [1.807, 2.05) is 18.4 Å². The van der Waals surface area contributed by atoms with Crippen molar-refractivity contribution in [3.05, 3.63) is 51.7 Å². The first-order valence-corrected chi connectivity index (χ1v) is 9.08. The van der Waals surface area contributed by atoms with Gasteiger partial charge in [0.25, 0.3) is 0 Å². The highest BCUT2D eigenvalue weighted by Gasteiger charge is 2.08. The normalized spacial score (nSPS) is 12.8. The van der Waals surface area contributed by atoms with E-state index in [2.05, 4.69) is 84.9 Å². The number of hydrogen-bond donors (Lipinski definition) is 2. The minimum Gasteiger partial charge on any atom is -0.378 e. The van der Waals surface area contributed by atoms with E-state index in [0.717, 1.165) is 18.9 Å². The van der Waals surface area contributed by atoms with E-state index in [1.165, 1.54) is 21.0 Å². The van der Waals surface area contributed by atoms with Crippen LogP contribution >= 0.6 is 11.3 Å². The van der Waals surface area contributed by atoms with E-state index in [4.69, 9.17) is 0 Å². The van der Waals surface area contributed by atoms with Gasteiger partial charge in [-0.05, 0) is 43.7 Å². The molecule has 0 radical (unpaired) electrons. The number of thiophene rings is 1. The van der Waals surface area contributed by atoms with Crippen LogP contribution in [-0.2, 0) is 13.0 Å². The molecule has 0 aliphatic heterocycles. The molecule has 1 aromatic heterocycles. The van der Waals surface area contributed by atoms with Gasteiger partial charge in [0.1, 0.15) is 0 Å². The number of benzene rings is 1. The van der Waals surface area contributed by atoms with Crippen molar-refractivity contribution >= 4 is 23.0 Å². The average molecular weight is 345 g/mol. The van der Waals surface area contributed by atoms with Crippen molar-refractivity contribution < 1.29 is 0 Å². The highest BCUT2D eigenvalue weighted by atomic mass is 32.1. The Bertz CT molecular complexity index is 658. The molecule has 130 valence electrons. The number of rotatable bonds is 6. The zero-order chi connectivity index (χ0) is 17.5. The summed E-state index contributed by atoms with van der Waals surface area (Å²) in [5.41, 5.74) is 2.45. The van der Waals surface area contributed by atoms with Gasteiger partial charge in [-0.25, -0.2) is 0 Å². The third-order valence-electron chi connectivity index (χ3n) is 3.82. The maximum Gasteiger partial charge on any atom is 0.191 e. The molecule has 2 aromatic rings. The van der Waals surface area contributed by atoms with Crippen LogP contribution in [0.4, 0.5) is 5.69 Å². The highest BCUT2D eigenvalue weighted by molar-refractivity contribution is 7.11. The summed E-state index contributed by atoms with van der Waals surface area (Å²) in [5, 5.41) is 6.85. The van der Waals surface area contributed by atoms with Gasteiger partial charge in [-0.15, -0.1) is 11.3 Å². The number of aryl methyl sites for hydroxylation is 1. The van der Waals surface area contributed by atoms with Gasteiger partial charge in [0.05, 0.1) is 0 Å². The molecule has 0 saturated heterocycles. The Morgan fingerprint density at radius 1 is 1.17 bits per heavy atom. The van der Waals surface area contributed by atoms with Gasteiger partial charge in [0.2, 0.25) is 0 Å². The molecule has 0 aliphatic carbocycles. The predicted molar refractivity (Wildman–Crippen MR) is 106 cm³/mol. The van der Waals surface area contributed by atoms with E-state index in [-0.39, 0.29) is 0 Å². The van der Waals surface area contributed by atoms with Crippen molar-refractivity contribution in [1.29, 1.82) is 0 Å². The summed E-state index contributed by atoms with van der Waals surface area (Å²) in [6.45, 7) is 5.10. The number of anilines is 1. The number of nitrogens with zero attached hydrogens (tertiary/aromatic N) is 2. The smallest absolute Gasteiger partial charge is 0.191 e. The van der Waals surface area contributed by atoms with Gasteiger partial charge >= 0.3 is 0 Å². The lowest BCUT2D eigenvalue weighted by Crippen LogP contribution is -2.42. The fourth-order valence-electron chi connectivity index (χ4n) is 2.47. The average Bonchev–Trinajstić information content (AvgIpc) is 2.96. The second kappa shape index (κ2) is 8.73. The minimum atomic E-state index is 0.338. The van der Waals surface area contributed by atoms with E-state index in [9.17, 15) is 0 Å². The molecule has 4 nitrogen and oxygen atoms in total. The van der Waals surface area contributed by atoms with Crippen molar-refractivity contribution in [3.63, 3.8) is 0 Å². The summed E-state index contributed by atoms with van der Waals surface area (Å²) in [5.74, 6) is 0.840. The molecule has 5 heteroatoms. The molecule has 0 amide bonds. The summed E-state index contributed by atoms with van der Waals surface area (Å²) in [7, 11) is 5.91. The summed E-state index contributed by atoms with van der Waals surface area (Å²) in [4.78, 5) is 9.19. The van der Waals surface area contributed by atoms with Crippen LogP contribution in [0.5, 0.6) is 0 Å². The largest absolute Gasteiger partial charge is 0.378 e. The number of nitrogens with one attached hydrogen (secondary N) is 2. The molecule has 1 heterocycles. The number of hydrogen-bond acceptors (Lipinski definition) is 3. The summed E-state index contributed by atoms with van der Waals surface area (Å²) < 4.78 is 0. The minimum absolute atomic E-state index is 0.338. The zero-order valence-electron chi connectivity index (χ0n) is 15.3. The lowest BCUT2D eigenvalue weighted by atomic mass is 10.2. The molecule has 24 heavy (non-hydrogen) atoms. The standard InChI is InChI=1S/C19H28N4S/c1-14(12-18-11-6-15(2)24-18)22-19(20-3)21-13-16-7-9-17(10-8-16)23(4)5/h6-11,14H,12-13H2,1-5H3,(H2,20,21,22). The van der Waals surface area contributed by atoms with Crippen LogP contribution < -0.4 is 15.5 Å². The first-order chi connectivity index (χ1) is 11.5. The number of guanidine groups is 1. The Balaban J connectivity index is 1.83. The van der Waals surface area contributed by atoms with Crippen molar-refractivity contribution in [1.82, 2.24) is 10.6 Å². The van der Waals surface area contributed by atoms with Gasteiger partial charge in [-0.1, -0.05) is 12.1 Å². The molecule has 0 spiro atoms. The topological polar surface area (TPSA) is 39.7 Å². The van der Waals surface area contributed by atoms with Crippen LogP contribution in [0.15, 0.2) is 41.4 Å². The highest BCUT2D eigenvalue weighted by Crippen LogP contribution is 2.16. The summed E-state index contributed by atoms with van der Waals surface area (Å²) >= 11 is 1.86. The fraction of sp³-hybridized carbons (Fsp3) is 0.421. The van der Waals surface area contributed by atoms with Crippen LogP contribution in [0, 0.1) is 6.92 Å². The fourth-order valence-corrected chi connectivity index (χ4v) is 3.49. The molecule has 0 fully saturated rings. The SMILES string of the molecule is CN=C(NCc1ccc(N(C)C)cc1)NC(C)Cc1ccc(C)s1. The molecule has 0 aliphatic rings. The van der Waals surface area contributed by atoms with E-state index < -0.39 is 0 Å². The Morgan fingerprint density at radius 3 is 2.42 bits per heavy atom. The monoisotopic (exact) mass is 344 g/mol. The second-order valence-corrected chi connectivity index (χ2v) is 7.62. The van der Waals surface area contributed by atoms with Gasteiger partial charge in [-0.3, -0.25) is 4.99 Å². The third-order valence-corrected chi connectivity index (χ3v) is 4.85. The molecule has 0 saturated carbocycles. The van der Waals surface area contributed by atoms with Gasteiger partial charge < -0.3 is 15.5 Å². The van der Waals surface area contributed by atoms with Gasteiger partial charge in [0, 0.05) is 55.6 Å². The quantitative estimate of drug-likeness (QED) is 0.623.